The predicted octanol–water partition coefficient (Wildman–Crippen LogP) is 2.36. The number of nitrogens with two attached hydrogens (primary N) is 1. The molecule has 1 aliphatic carbocycles. The van der Waals surface area contributed by atoms with E-state index in [-0.39, 0.29) is 0 Å². The van der Waals surface area contributed by atoms with Crippen LogP contribution in [0.15, 0.2) is 24.3 Å². The van der Waals surface area contributed by atoms with Crippen molar-refractivity contribution in [2.45, 2.75) is 43.7 Å². The summed E-state index contributed by atoms with van der Waals surface area (Å²) in [5, 5.41) is 0. The zero-order chi connectivity index (χ0) is 13.2. The lowest BCUT2D eigenvalue weighted by Gasteiger charge is -2.45. The molecule has 0 spiro atoms. The largest absolute Gasteiger partial charge is 0.497 e. The number of methoxy groups -OCH3 is 1. The van der Waals surface area contributed by atoms with Crippen LogP contribution in [0.25, 0.3) is 0 Å². The van der Waals surface area contributed by atoms with Gasteiger partial charge in [0.25, 0.3) is 0 Å². The molecule has 0 unspecified atom stereocenters. The van der Waals surface area contributed by atoms with E-state index in [1.807, 2.05) is 0 Å². The molecule has 0 amide bonds. The Balaban J connectivity index is 1.54. The summed E-state index contributed by atoms with van der Waals surface area (Å²) in [6.07, 6.45) is 5.26. The number of likely N-dealkylation sites (tertiary alicyclic amines) is 1. The van der Waals surface area contributed by atoms with Gasteiger partial charge in [0.05, 0.1) is 7.11 Å². The van der Waals surface area contributed by atoms with Crippen molar-refractivity contribution in [3.63, 3.8) is 0 Å². The average Bonchev–Trinajstić information content (AvgIpc) is 2.44. The van der Waals surface area contributed by atoms with E-state index in [9.17, 15) is 0 Å². The van der Waals surface area contributed by atoms with Crippen molar-refractivity contribution < 1.29 is 4.74 Å². The van der Waals surface area contributed by atoms with Gasteiger partial charge in [0.15, 0.2) is 0 Å². The van der Waals surface area contributed by atoms with Gasteiger partial charge < -0.3 is 10.5 Å². The molecule has 2 aliphatic rings. The molecule has 3 rings (SSSR count). The highest BCUT2D eigenvalue weighted by Crippen LogP contribution is 2.36. The van der Waals surface area contributed by atoms with Crippen molar-refractivity contribution in [2.24, 2.45) is 5.73 Å². The lowest BCUT2D eigenvalue weighted by Crippen LogP contribution is -2.59. The second-order valence-corrected chi connectivity index (χ2v) is 5.99. The minimum absolute atomic E-state index is 0.430. The third-order valence-corrected chi connectivity index (χ3v) is 4.74. The van der Waals surface area contributed by atoms with Crippen molar-refractivity contribution in [3.8, 4) is 5.75 Å². The minimum atomic E-state index is 0.430. The van der Waals surface area contributed by atoms with E-state index in [0.29, 0.717) is 6.04 Å². The zero-order valence-electron chi connectivity index (χ0n) is 11.7. The Morgan fingerprint density at radius 1 is 1.05 bits per heavy atom. The quantitative estimate of drug-likeness (QED) is 0.906. The minimum Gasteiger partial charge on any atom is -0.497 e. The zero-order valence-corrected chi connectivity index (χ0v) is 11.7. The second-order valence-electron chi connectivity index (χ2n) is 5.99. The molecule has 2 fully saturated rings. The smallest absolute Gasteiger partial charge is 0.118 e. The number of benzene rings is 1. The van der Waals surface area contributed by atoms with Crippen molar-refractivity contribution >= 4 is 0 Å². The van der Waals surface area contributed by atoms with Crippen LogP contribution in [0.1, 0.15) is 37.2 Å². The van der Waals surface area contributed by atoms with E-state index >= 15 is 0 Å². The van der Waals surface area contributed by atoms with E-state index < -0.39 is 0 Å². The van der Waals surface area contributed by atoms with Gasteiger partial charge in [0.2, 0.25) is 0 Å². The Labute approximate surface area is 115 Å². The average molecular weight is 260 g/mol. The van der Waals surface area contributed by atoms with Crippen LogP contribution in [0.5, 0.6) is 5.75 Å². The summed E-state index contributed by atoms with van der Waals surface area (Å²) in [5.41, 5.74) is 7.34. The molecule has 0 radical (unpaired) electrons. The van der Waals surface area contributed by atoms with Crippen molar-refractivity contribution in [1.29, 1.82) is 0 Å². The monoisotopic (exact) mass is 260 g/mol. The summed E-state index contributed by atoms with van der Waals surface area (Å²) < 4.78 is 5.22. The van der Waals surface area contributed by atoms with Gasteiger partial charge in [-0.1, -0.05) is 12.1 Å². The summed E-state index contributed by atoms with van der Waals surface area (Å²) in [5.74, 6) is 1.68. The lowest BCUT2D eigenvalue weighted by atomic mass is 9.80. The molecule has 0 atom stereocenters. The summed E-state index contributed by atoms with van der Waals surface area (Å²) in [4.78, 5) is 2.56. The van der Waals surface area contributed by atoms with Crippen molar-refractivity contribution in [1.82, 2.24) is 4.90 Å². The SMILES string of the molecule is COc1ccc(C2CCC(N3CC(N)C3)CC2)cc1. The van der Waals surface area contributed by atoms with Gasteiger partial charge in [-0.2, -0.15) is 0 Å². The Hall–Kier alpha value is -1.06. The molecular weight excluding hydrogens is 236 g/mol. The molecule has 1 saturated heterocycles. The van der Waals surface area contributed by atoms with Crippen LogP contribution >= 0.6 is 0 Å². The number of hydrogen-bond acceptors (Lipinski definition) is 3. The summed E-state index contributed by atoms with van der Waals surface area (Å²) in [6, 6.07) is 9.83. The van der Waals surface area contributed by atoms with E-state index in [2.05, 4.69) is 29.2 Å². The Bertz CT molecular complexity index is 403. The molecule has 1 aromatic rings. The van der Waals surface area contributed by atoms with Crippen LogP contribution in [0.3, 0.4) is 0 Å². The van der Waals surface area contributed by atoms with Crippen LogP contribution in [0.4, 0.5) is 0 Å². The van der Waals surface area contributed by atoms with E-state index in [1.54, 1.807) is 7.11 Å². The van der Waals surface area contributed by atoms with Gasteiger partial charge in [0.1, 0.15) is 5.75 Å². The van der Waals surface area contributed by atoms with Crippen molar-refractivity contribution in [2.75, 3.05) is 20.2 Å². The third kappa shape index (κ3) is 2.77. The molecule has 0 aromatic heterocycles. The fourth-order valence-electron chi connectivity index (χ4n) is 3.50. The number of nitrogens with zero attached hydrogens (tertiary/aromatic N) is 1. The van der Waals surface area contributed by atoms with Gasteiger partial charge in [-0.3, -0.25) is 4.90 Å². The van der Waals surface area contributed by atoms with Crippen LogP contribution in [0, 0.1) is 0 Å². The van der Waals surface area contributed by atoms with Crippen LogP contribution in [0.2, 0.25) is 0 Å². The van der Waals surface area contributed by atoms with E-state index in [1.165, 1.54) is 31.2 Å². The highest BCUT2D eigenvalue weighted by molar-refractivity contribution is 5.29. The fourth-order valence-corrected chi connectivity index (χ4v) is 3.50. The van der Waals surface area contributed by atoms with Crippen LogP contribution in [-0.2, 0) is 0 Å². The van der Waals surface area contributed by atoms with Gasteiger partial charge >= 0.3 is 0 Å². The first-order chi connectivity index (χ1) is 9.26. The Morgan fingerprint density at radius 2 is 1.68 bits per heavy atom. The second kappa shape index (κ2) is 5.51. The highest BCUT2D eigenvalue weighted by Gasteiger charge is 2.32. The summed E-state index contributed by atoms with van der Waals surface area (Å²) >= 11 is 0. The topological polar surface area (TPSA) is 38.5 Å². The molecule has 3 heteroatoms. The molecule has 1 saturated carbocycles. The van der Waals surface area contributed by atoms with Gasteiger partial charge in [0, 0.05) is 25.2 Å². The van der Waals surface area contributed by atoms with Crippen LogP contribution in [-0.4, -0.2) is 37.2 Å². The lowest BCUT2D eigenvalue weighted by molar-refractivity contribution is 0.0679. The van der Waals surface area contributed by atoms with Gasteiger partial charge in [-0.15, -0.1) is 0 Å². The molecular formula is C16H24N2O. The first kappa shape index (κ1) is 12.9. The maximum absolute atomic E-state index is 5.87. The third-order valence-electron chi connectivity index (χ3n) is 4.74. The van der Waals surface area contributed by atoms with E-state index in [0.717, 1.165) is 30.8 Å². The summed E-state index contributed by atoms with van der Waals surface area (Å²) in [6.45, 7) is 2.22. The maximum atomic E-state index is 5.87. The Kier molecular flexibility index (Phi) is 3.76. The number of rotatable bonds is 3. The van der Waals surface area contributed by atoms with E-state index in [4.69, 9.17) is 10.5 Å². The number of ether oxygens (including phenoxy) is 1. The molecule has 1 aliphatic heterocycles. The molecule has 2 N–H and O–H groups in total. The maximum Gasteiger partial charge on any atom is 0.118 e. The molecule has 3 nitrogen and oxygen atoms in total. The Morgan fingerprint density at radius 3 is 2.21 bits per heavy atom. The molecule has 104 valence electrons. The summed E-state index contributed by atoms with van der Waals surface area (Å²) in [7, 11) is 1.72. The van der Waals surface area contributed by atoms with Crippen LogP contribution < -0.4 is 10.5 Å². The molecule has 0 bridgehead atoms. The predicted molar refractivity (Wildman–Crippen MR) is 77.5 cm³/mol. The standard InChI is InChI=1S/C16H24N2O/c1-19-16-8-4-13(5-9-16)12-2-6-15(7-3-12)18-10-14(17)11-18/h4-5,8-9,12,14-15H,2-3,6-7,10-11,17H2,1H3. The number of hydrogen-bond donors (Lipinski definition) is 1. The van der Waals surface area contributed by atoms with Gasteiger partial charge in [-0.25, -0.2) is 0 Å². The normalized spacial score (nSPS) is 28.9. The fraction of sp³-hybridized carbons (Fsp3) is 0.625. The molecule has 19 heavy (non-hydrogen) atoms. The van der Waals surface area contributed by atoms with Gasteiger partial charge in [-0.05, 0) is 49.3 Å². The molecule has 1 heterocycles. The first-order valence-corrected chi connectivity index (χ1v) is 7.40. The van der Waals surface area contributed by atoms with Crippen molar-refractivity contribution in [3.05, 3.63) is 29.8 Å². The first-order valence-electron chi connectivity index (χ1n) is 7.40. The highest BCUT2D eigenvalue weighted by atomic mass is 16.5. The molecule has 1 aromatic carbocycles.